The first-order chi connectivity index (χ1) is 9.95. The SMILES string of the molecule is CC1CCC(C(C)(C)CC2Cc3ccccc3O2)C(Cl)C1. The Balaban J connectivity index is 1.64. The van der Waals surface area contributed by atoms with Crippen LogP contribution in [0.25, 0.3) is 0 Å². The lowest BCUT2D eigenvalue weighted by Crippen LogP contribution is -2.38. The Bertz CT molecular complexity index is 471. The molecule has 0 radical (unpaired) electrons. The molecule has 116 valence electrons. The molecule has 4 unspecified atom stereocenters. The van der Waals surface area contributed by atoms with E-state index in [1.165, 1.54) is 24.8 Å². The molecule has 1 heterocycles. The summed E-state index contributed by atoms with van der Waals surface area (Å²) in [6, 6.07) is 8.45. The fourth-order valence-corrected chi connectivity index (χ4v) is 5.07. The number of alkyl halides is 1. The molecule has 0 spiro atoms. The van der Waals surface area contributed by atoms with Crippen molar-refractivity contribution in [1.82, 2.24) is 0 Å². The normalized spacial score (nSPS) is 32.6. The maximum absolute atomic E-state index is 6.70. The first-order valence-corrected chi connectivity index (χ1v) is 8.78. The van der Waals surface area contributed by atoms with Crippen LogP contribution in [-0.2, 0) is 6.42 Å². The van der Waals surface area contributed by atoms with Crippen LogP contribution in [0.3, 0.4) is 0 Å². The molecule has 3 rings (SSSR count). The number of rotatable bonds is 3. The average molecular weight is 307 g/mol. The van der Waals surface area contributed by atoms with Gasteiger partial charge in [0.1, 0.15) is 11.9 Å². The summed E-state index contributed by atoms with van der Waals surface area (Å²) >= 11 is 6.70. The largest absolute Gasteiger partial charge is 0.490 e. The third-order valence-electron chi connectivity index (χ3n) is 5.51. The minimum Gasteiger partial charge on any atom is -0.490 e. The van der Waals surface area contributed by atoms with Crippen molar-refractivity contribution in [2.45, 2.75) is 64.4 Å². The Kier molecular flexibility index (Phi) is 4.23. The van der Waals surface area contributed by atoms with Crippen molar-refractivity contribution >= 4 is 11.6 Å². The van der Waals surface area contributed by atoms with Crippen LogP contribution in [0.15, 0.2) is 24.3 Å². The lowest BCUT2D eigenvalue weighted by molar-refractivity contribution is 0.0805. The van der Waals surface area contributed by atoms with Gasteiger partial charge in [-0.25, -0.2) is 0 Å². The van der Waals surface area contributed by atoms with E-state index in [1.807, 2.05) is 0 Å². The van der Waals surface area contributed by atoms with Crippen LogP contribution in [0.5, 0.6) is 5.75 Å². The van der Waals surface area contributed by atoms with E-state index >= 15 is 0 Å². The minimum atomic E-state index is 0.249. The molecule has 0 saturated heterocycles. The minimum absolute atomic E-state index is 0.249. The summed E-state index contributed by atoms with van der Waals surface area (Å²) in [7, 11) is 0. The molecule has 0 N–H and O–H groups in total. The fraction of sp³-hybridized carbons (Fsp3) is 0.684. The van der Waals surface area contributed by atoms with E-state index in [9.17, 15) is 0 Å². The predicted molar refractivity (Wildman–Crippen MR) is 89.1 cm³/mol. The van der Waals surface area contributed by atoms with Crippen molar-refractivity contribution in [3.8, 4) is 5.75 Å². The maximum atomic E-state index is 6.70. The monoisotopic (exact) mass is 306 g/mol. The van der Waals surface area contributed by atoms with Crippen LogP contribution >= 0.6 is 11.6 Å². The molecule has 1 aliphatic carbocycles. The molecule has 0 aromatic heterocycles. The van der Waals surface area contributed by atoms with Crippen LogP contribution in [0, 0.1) is 17.3 Å². The van der Waals surface area contributed by atoms with Crippen molar-refractivity contribution in [3.05, 3.63) is 29.8 Å². The number of hydrogen-bond acceptors (Lipinski definition) is 1. The molecular weight excluding hydrogens is 280 g/mol. The van der Waals surface area contributed by atoms with Gasteiger partial charge in [-0.05, 0) is 48.1 Å². The molecule has 1 fully saturated rings. The van der Waals surface area contributed by atoms with Crippen LogP contribution in [0.2, 0.25) is 0 Å². The summed E-state index contributed by atoms with van der Waals surface area (Å²) in [5.74, 6) is 2.48. The molecule has 21 heavy (non-hydrogen) atoms. The van der Waals surface area contributed by atoms with Crippen molar-refractivity contribution in [2.24, 2.45) is 17.3 Å². The summed E-state index contributed by atoms with van der Waals surface area (Å²) in [6.07, 6.45) is 6.23. The quantitative estimate of drug-likeness (QED) is 0.675. The standard InChI is InChI=1S/C19H27ClO/c1-13-8-9-16(17(20)10-13)19(2,3)12-15-11-14-6-4-5-7-18(14)21-15/h4-7,13,15-17H,8-12H2,1-3H3. The zero-order chi connectivity index (χ0) is 15.0. The van der Waals surface area contributed by atoms with E-state index in [-0.39, 0.29) is 5.41 Å². The van der Waals surface area contributed by atoms with Gasteiger partial charge >= 0.3 is 0 Å². The molecule has 1 aromatic carbocycles. The predicted octanol–water partition coefficient (Wildman–Crippen LogP) is 5.45. The van der Waals surface area contributed by atoms with Gasteiger partial charge in [-0.2, -0.15) is 0 Å². The maximum Gasteiger partial charge on any atom is 0.123 e. The van der Waals surface area contributed by atoms with E-state index in [4.69, 9.17) is 16.3 Å². The van der Waals surface area contributed by atoms with Gasteiger partial charge in [-0.3, -0.25) is 0 Å². The smallest absolute Gasteiger partial charge is 0.123 e. The number of benzene rings is 1. The highest BCUT2D eigenvalue weighted by Gasteiger charge is 2.40. The topological polar surface area (TPSA) is 9.23 Å². The van der Waals surface area contributed by atoms with Crippen molar-refractivity contribution in [1.29, 1.82) is 0 Å². The highest BCUT2D eigenvalue weighted by atomic mass is 35.5. The van der Waals surface area contributed by atoms with E-state index in [0.29, 0.717) is 17.4 Å². The molecular formula is C19H27ClO. The lowest BCUT2D eigenvalue weighted by atomic mass is 9.66. The summed E-state index contributed by atoms with van der Waals surface area (Å²) in [5.41, 5.74) is 1.61. The summed E-state index contributed by atoms with van der Waals surface area (Å²) in [5, 5.41) is 0.326. The first kappa shape index (κ1) is 15.2. The van der Waals surface area contributed by atoms with Crippen LogP contribution in [-0.4, -0.2) is 11.5 Å². The number of halogens is 1. The van der Waals surface area contributed by atoms with Crippen LogP contribution < -0.4 is 4.74 Å². The average Bonchev–Trinajstić information content (AvgIpc) is 2.79. The second-order valence-electron chi connectivity index (χ2n) is 7.79. The molecule has 0 bridgehead atoms. The Morgan fingerprint density at radius 1 is 1.24 bits per heavy atom. The molecule has 1 nitrogen and oxygen atoms in total. The molecule has 1 saturated carbocycles. The highest BCUT2D eigenvalue weighted by Crippen LogP contribution is 2.46. The van der Waals surface area contributed by atoms with Gasteiger partial charge in [0, 0.05) is 11.8 Å². The summed E-state index contributed by atoms with van der Waals surface area (Å²) in [4.78, 5) is 0. The Hall–Kier alpha value is -0.690. The molecule has 2 heteroatoms. The Morgan fingerprint density at radius 2 is 2.00 bits per heavy atom. The van der Waals surface area contributed by atoms with E-state index in [0.717, 1.165) is 24.5 Å². The van der Waals surface area contributed by atoms with E-state index < -0.39 is 0 Å². The molecule has 0 amide bonds. The third-order valence-corrected chi connectivity index (χ3v) is 5.99. The van der Waals surface area contributed by atoms with E-state index in [1.54, 1.807) is 0 Å². The molecule has 2 aliphatic rings. The number of para-hydroxylation sites is 1. The van der Waals surface area contributed by atoms with Gasteiger partial charge in [-0.15, -0.1) is 11.6 Å². The van der Waals surface area contributed by atoms with Crippen LogP contribution in [0.1, 0.15) is 52.0 Å². The van der Waals surface area contributed by atoms with Gasteiger partial charge in [-0.1, -0.05) is 45.4 Å². The number of fused-ring (bicyclic) bond motifs is 1. The zero-order valence-corrected chi connectivity index (χ0v) is 14.2. The number of ether oxygens (including phenoxy) is 1. The van der Waals surface area contributed by atoms with Gasteiger partial charge in [0.15, 0.2) is 0 Å². The Labute approximate surface area is 134 Å². The first-order valence-electron chi connectivity index (χ1n) is 8.34. The second-order valence-corrected chi connectivity index (χ2v) is 8.35. The zero-order valence-electron chi connectivity index (χ0n) is 13.4. The van der Waals surface area contributed by atoms with Crippen molar-refractivity contribution in [2.75, 3.05) is 0 Å². The summed E-state index contributed by atoms with van der Waals surface area (Å²) < 4.78 is 6.15. The van der Waals surface area contributed by atoms with Crippen molar-refractivity contribution in [3.63, 3.8) is 0 Å². The van der Waals surface area contributed by atoms with Gasteiger partial charge in [0.25, 0.3) is 0 Å². The number of hydrogen-bond donors (Lipinski definition) is 0. The fourth-order valence-electron chi connectivity index (χ4n) is 4.30. The van der Waals surface area contributed by atoms with Gasteiger partial charge in [0.2, 0.25) is 0 Å². The van der Waals surface area contributed by atoms with Gasteiger partial charge < -0.3 is 4.74 Å². The van der Waals surface area contributed by atoms with Crippen molar-refractivity contribution < 1.29 is 4.74 Å². The summed E-state index contributed by atoms with van der Waals surface area (Å²) in [6.45, 7) is 7.10. The third kappa shape index (κ3) is 3.23. The molecule has 1 aliphatic heterocycles. The Morgan fingerprint density at radius 3 is 2.71 bits per heavy atom. The highest BCUT2D eigenvalue weighted by molar-refractivity contribution is 6.20. The second kappa shape index (κ2) is 5.83. The molecule has 4 atom stereocenters. The molecule has 1 aromatic rings. The lowest BCUT2D eigenvalue weighted by Gasteiger charge is -2.42. The van der Waals surface area contributed by atoms with E-state index in [2.05, 4.69) is 45.0 Å². The van der Waals surface area contributed by atoms with Crippen LogP contribution in [0.4, 0.5) is 0 Å². The van der Waals surface area contributed by atoms with Gasteiger partial charge in [0.05, 0.1) is 0 Å².